The predicted molar refractivity (Wildman–Crippen MR) is 55.1 cm³/mol. The van der Waals surface area contributed by atoms with E-state index in [1.807, 2.05) is 24.3 Å². The van der Waals surface area contributed by atoms with E-state index in [0.717, 1.165) is 11.5 Å². The van der Waals surface area contributed by atoms with Gasteiger partial charge in [0.15, 0.2) is 11.5 Å². The summed E-state index contributed by atoms with van der Waals surface area (Å²) < 4.78 is 4.94. The fourth-order valence-electron chi connectivity index (χ4n) is 0.957. The molecule has 1 aliphatic rings. The van der Waals surface area contributed by atoms with Crippen LogP contribution in [0.5, 0.6) is 11.5 Å². The molecule has 82 valence electrons. The van der Waals surface area contributed by atoms with Crippen molar-refractivity contribution in [1.82, 2.24) is 0 Å². The minimum Gasteiger partial charge on any atom is -0.481 e. The van der Waals surface area contributed by atoms with Crippen LogP contribution < -0.4 is 4.74 Å². The van der Waals surface area contributed by atoms with Gasteiger partial charge in [0.05, 0.1) is 12.5 Å². The summed E-state index contributed by atoms with van der Waals surface area (Å²) in [4.78, 5) is 9.81. The third-order valence-electron chi connectivity index (χ3n) is 1.91. The number of carboxylic acid groups (broad SMARTS) is 1. The summed E-state index contributed by atoms with van der Waals surface area (Å²) in [5.74, 6) is 1.12. The number of benzene rings is 1. The lowest BCUT2D eigenvalue weighted by molar-refractivity contribution is -0.139. The van der Waals surface area contributed by atoms with Gasteiger partial charge in [0.2, 0.25) is 0 Å². The maximum absolute atomic E-state index is 9.81. The minimum absolute atomic E-state index is 0.142. The Balaban J connectivity index is 0.000000150. The molecule has 1 heterocycles. The molecule has 4 nitrogen and oxygen atoms in total. The molecule has 15 heavy (non-hydrogen) atoms. The molecular formula is C11H14O4. The van der Waals surface area contributed by atoms with Gasteiger partial charge in [-0.3, -0.25) is 4.79 Å². The molecule has 1 unspecified atom stereocenters. The van der Waals surface area contributed by atoms with Crippen molar-refractivity contribution in [3.05, 3.63) is 24.3 Å². The van der Waals surface area contributed by atoms with Crippen molar-refractivity contribution >= 4 is 5.97 Å². The molecule has 2 rings (SSSR count). The lowest BCUT2D eigenvalue weighted by atomic mass is 10.2. The van der Waals surface area contributed by atoms with Crippen LogP contribution in [0.4, 0.5) is 0 Å². The largest absolute Gasteiger partial charge is 0.481 e. The van der Waals surface area contributed by atoms with Crippen LogP contribution >= 0.6 is 0 Å². The lowest BCUT2D eigenvalue weighted by Crippen LogP contribution is -2.10. The zero-order chi connectivity index (χ0) is 11.3. The topological polar surface area (TPSA) is 70.1 Å². The molecule has 0 aliphatic carbocycles. The molecule has 0 radical (unpaired) electrons. The average Bonchev–Trinajstić information content (AvgIpc) is 2.96. The summed E-state index contributed by atoms with van der Waals surface area (Å²) in [5.41, 5.74) is 0. The van der Waals surface area contributed by atoms with E-state index >= 15 is 0 Å². The third-order valence-corrected chi connectivity index (χ3v) is 1.91. The monoisotopic (exact) mass is 210 g/mol. The molecule has 0 saturated heterocycles. The molecule has 0 aromatic heterocycles. The van der Waals surface area contributed by atoms with Crippen molar-refractivity contribution in [3.63, 3.8) is 0 Å². The van der Waals surface area contributed by atoms with Gasteiger partial charge in [-0.1, -0.05) is 19.1 Å². The highest BCUT2D eigenvalue weighted by atomic mass is 16.6. The van der Waals surface area contributed by atoms with Crippen LogP contribution in [0.15, 0.2) is 24.3 Å². The number of para-hydroxylation sites is 2. The predicted octanol–water partition coefficient (Wildman–Crippen LogP) is 2.02. The molecule has 2 N–H and O–H groups in total. The van der Waals surface area contributed by atoms with Crippen molar-refractivity contribution in [3.8, 4) is 11.5 Å². The smallest absolute Gasteiger partial charge is 0.305 e. The highest BCUT2D eigenvalue weighted by Crippen LogP contribution is 2.43. The van der Waals surface area contributed by atoms with Crippen LogP contribution in [-0.2, 0) is 4.79 Å². The zero-order valence-corrected chi connectivity index (χ0v) is 8.51. The average molecular weight is 210 g/mol. The fourth-order valence-corrected chi connectivity index (χ4v) is 0.957. The van der Waals surface area contributed by atoms with E-state index in [1.54, 1.807) is 6.92 Å². The molecule has 0 saturated carbocycles. The maximum Gasteiger partial charge on any atom is 0.305 e. The maximum atomic E-state index is 9.81. The highest BCUT2D eigenvalue weighted by Gasteiger charge is 2.15. The quantitative estimate of drug-likeness (QED) is 0.760. The van der Waals surface area contributed by atoms with Crippen molar-refractivity contribution in [1.29, 1.82) is 0 Å². The third kappa shape index (κ3) is 4.46. The van der Waals surface area contributed by atoms with Crippen LogP contribution in [-0.4, -0.2) is 22.3 Å². The number of ether oxygens (including phenoxy) is 1. The number of aliphatic carboxylic acids is 1. The molecule has 1 aromatic carbocycles. The van der Waals surface area contributed by atoms with Gasteiger partial charge in [-0.25, -0.2) is 0 Å². The number of aliphatic hydroxyl groups excluding tert-OH is 1. The summed E-state index contributed by atoms with van der Waals surface area (Å²) in [7, 11) is 0. The van der Waals surface area contributed by atoms with E-state index in [4.69, 9.17) is 14.9 Å². The molecule has 1 atom stereocenters. The number of hydrogen-bond acceptors (Lipinski definition) is 3. The Kier molecular flexibility index (Phi) is 4.12. The Morgan fingerprint density at radius 3 is 2.20 bits per heavy atom. The minimum atomic E-state index is -0.945. The first-order valence-corrected chi connectivity index (χ1v) is 4.80. The summed E-state index contributed by atoms with van der Waals surface area (Å²) >= 11 is 0. The molecule has 4 heteroatoms. The summed E-state index contributed by atoms with van der Waals surface area (Å²) in [6, 6.07) is 7.84. The van der Waals surface area contributed by atoms with Gasteiger partial charge < -0.3 is 14.9 Å². The van der Waals surface area contributed by atoms with Gasteiger partial charge in [-0.05, 0) is 18.6 Å². The second-order valence-electron chi connectivity index (χ2n) is 3.21. The van der Waals surface area contributed by atoms with Crippen molar-refractivity contribution in [2.24, 2.45) is 0 Å². The second kappa shape index (κ2) is 5.36. The van der Waals surface area contributed by atoms with E-state index in [1.165, 1.54) is 0 Å². The first-order chi connectivity index (χ1) is 7.13. The standard InChI is InChI=1S/C6H4O.C5H10O3/c1-2-4-6-5(3-1)7-6;1-2-4(6)3-5(7)8/h1-4H;4,6H,2-3H2,1H3,(H,7,8). The Bertz CT molecular complexity index is 314. The van der Waals surface area contributed by atoms with Crippen LogP contribution in [0, 0.1) is 0 Å². The van der Waals surface area contributed by atoms with Crippen LogP contribution in [0.3, 0.4) is 0 Å². The second-order valence-corrected chi connectivity index (χ2v) is 3.21. The highest BCUT2D eigenvalue weighted by molar-refractivity contribution is 5.67. The van der Waals surface area contributed by atoms with Gasteiger partial charge in [-0.2, -0.15) is 0 Å². The fraction of sp³-hybridized carbons (Fsp3) is 0.364. The Morgan fingerprint density at radius 2 is 1.93 bits per heavy atom. The van der Waals surface area contributed by atoms with Crippen molar-refractivity contribution in [2.75, 3.05) is 0 Å². The zero-order valence-electron chi connectivity index (χ0n) is 8.51. The van der Waals surface area contributed by atoms with Gasteiger partial charge in [0, 0.05) is 0 Å². The number of fused-ring (bicyclic) bond motifs is 1. The number of carbonyl (C=O) groups is 1. The first kappa shape index (κ1) is 11.5. The van der Waals surface area contributed by atoms with Gasteiger partial charge in [-0.15, -0.1) is 0 Å². The van der Waals surface area contributed by atoms with Crippen LogP contribution in [0.1, 0.15) is 19.8 Å². The Morgan fingerprint density at radius 1 is 1.40 bits per heavy atom. The van der Waals surface area contributed by atoms with Gasteiger partial charge in [0.1, 0.15) is 0 Å². The van der Waals surface area contributed by atoms with Crippen LogP contribution in [0.2, 0.25) is 0 Å². The summed E-state index contributed by atoms with van der Waals surface area (Å²) in [6.07, 6.45) is -0.310. The van der Waals surface area contributed by atoms with Gasteiger partial charge in [0.25, 0.3) is 0 Å². The summed E-state index contributed by atoms with van der Waals surface area (Å²) in [6.45, 7) is 1.74. The van der Waals surface area contributed by atoms with E-state index < -0.39 is 12.1 Å². The Labute approximate surface area is 88.1 Å². The molecule has 0 fully saturated rings. The van der Waals surface area contributed by atoms with Crippen molar-refractivity contribution in [2.45, 2.75) is 25.9 Å². The van der Waals surface area contributed by atoms with E-state index in [9.17, 15) is 4.79 Å². The number of rotatable bonds is 3. The molecule has 0 spiro atoms. The van der Waals surface area contributed by atoms with Gasteiger partial charge >= 0.3 is 5.97 Å². The number of carboxylic acids is 1. The van der Waals surface area contributed by atoms with Crippen LogP contribution in [0.25, 0.3) is 0 Å². The number of aliphatic hydroxyl groups is 1. The SMILES string of the molecule is CCC(O)CC(=O)O.c1ccc2c(c1)O2. The Hall–Kier alpha value is -1.55. The molecular weight excluding hydrogens is 196 g/mol. The van der Waals surface area contributed by atoms with E-state index in [-0.39, 0.29) is 6.42 Å². The summed E-state index contributed by atoms with van der Waals surface area (Å²) in [5, 5.41) is 16.7. The molecule has 1 aliphatic heterocycles. The van der Waals surface area contributed by atoms with E-state index in [0.29, 0.717) is 6.42 Å². The number of hydrogen-bond donors (Lipinski definition) is 2. The molecule has 0 bridgehead atoms. The first-order valence-electron chi connectivity index (χ1n) is 4.80. The molecule has 0 amide bonds. The lowest BCUT2D eigenvalue weighted by Gasteiger charge is -2.00. The normalized spacial score (nSPS) is 12.7. The van der Waals surface area contributed by atoms with Crippen molar-refractivity contribution < 1.29 is 19.7 Å². The van der Waals surface area contributed by atoms with E-state index in [2.05, 4.69) is 0 Å². The molecule has 1 aromatic rings.